The number of anilines is 1. The number of rotatable bonds is 5. The van der Waals surface area contributed by atoms with Crippen LogP contribution >= 0.6 is 11.6 Å². The highest BCUT2D eigenvalue weighted by Crippen LogP contribution is 2.29. The van der Waals surface area contributed by atoms with E-state index in [4.69, 9.17) is 11.6 Å². The normalized spacial score (nSPS) is 15.7. The standard InChI is InChI=1S/C13H15ClN4O2S/c14-11-5-2-7-15-13(11)17-21(19,20)12-6-8-16-18(12)9-10-3-1-4-10/h2,5-8,10H,1,3-4,9H2,(H,15,17). The van der Waals surface area contributed by atoms with E-state index >= 15 is 0 Å². The van der Waals surface area contributed by atoms with Gasteiger partial charge in [0.15, 0.2) is 10.8 Å². The first-order valence-electron chi connectivity index (χ1n) is 6.71. The van der Waals surface area contributed by atoms with Gasteiger partial charge < -0.3 is 0 Å². The summed E-state index contributed by atoms with van der Waals surface area (Å²) in [6.45, 7) is 0.624. The highest BCUT2D eigenvalue weighted by Gasteiger charge is 2.25. The molecule has 1 saturated carbocycles. The predicted molar refractivity (Wildman–Crippen MR) is 79.6 cm³/mol. The van der Waals surface area contributed by atoms with Crippen LogP contribution in [0.5, 0.6) is 0 Å². The van der Waals surface area contributed by atoms with Crippen LogP contribution in [0.3, 0.4) is 0 Å². The lowest BCUT2D eigenvalue weighted by Gasteiger charge is -2.25. The molecule has 0 bridgehead atoms. The Labute approximate surface area is 128 Å². The number of halogens is 1. The maximum Gasteiger partial charge on any atom is 0.280 e. The molecule has 112 valence electrons. The lowest BCUT2D eigenvalue weighted by atomic mass is 9.85. The summed E-state index contributed by atoms with van der Waals surface area (Å²) in [6, 6.07) is 4.71. The van der Waals surface area contributed by atoms with Gasteiger partial charge in [0.1, 0.15) is 0 Å². The van der Waals surface area contributed by atoms with Crippen LogP contribution in [0.15, 0.2) is 35.6 Å². The number of nitrogens with zero attached hydrogens (tertiary/aromatic N) is 3. The molecule has 8 heteroatoms. The van der Waals surface area contributed by atoms with Gasteiger partial charge in [-0.05, 0) is 37.0 Å². The summed E-state index contributed by atoms with van der Waals surface area (Å²) in [5, 5.41) is 4.50. The van der Waals surface area contributed by atoms with Crippen molar-refractivity contribution in [1.29, 1.82) is 0 Å². The monoisotopic (exact) mass is 326 g/mol. The molecule has 0 aliphatic heterocycles. The van der Waals surface area contributed by atoms with Crippen LogP contribution in [0.2, 0.25) is 5.02 Å². The number of pyridine rings is 1. The van der Waals surface area contributed by atoms with Crippen molar-refractivity contribution in [2.75, 3.05) is 4.72 Å². The molecule has 0 amide bonds. The summed E-state index contributed by atoms with van der Waals surface area (Å²) in [4.78, 5) is 3.94. The molecule has 1 aliphatic rings. The molecule has 3 rings (SSSR count). The average molecular weight is 327 g/mol. The Morgan fingerprint density at radius 2 is 2.14 bits per heavy atom. The van der Waals surface area contributed by atoms with E-state index in [0.717, 1.165) is 12.8 Å². The fraction of sp³-hybridized carbons (Fsp3) is 0.385. The van der Waals surface area contributed by atoms with Gasteiger partial charge in [-0.15, -0.1) is 0 Å². The Hall–Kier alpha value is -1.60. The molecule has 1 N–H and O–H groups in total. The van der Waals surface area contributed by atoms with Crippen molar-refractivity contribution in [3.63, 3.8) is 0 Å². The van der Waals surface area contributed by atoms with E-state index in [0.29, 0.717) is 12.5 Å². The van der Waals surface area contributed by atoms with Gasteiger partial charge in [-0.25, -0.2) is 4.98 Å². The zero-order chi connectivity index (χ0) is 14.9. The second kappa shape index (κ2) is 5.65. The molecule has 21 heavy (non-hydrogen) atoms. The molecule has 2 heterocycles. The Kier molecular flexibility index (Phi) is 3.86. The third-order valence-corrected chi connectivity index (χ3v) is 5.26. The van der Waals surface area contributed by atoms with Crippen molar-refractivity contribution in [3.8, 4) is 0 Å². The molecular weight excluding hydrogens is 312 g/mol. The Morgan fingerprint density at radius 3 is 2.81 bits per heavy atom. The predicted octanol–water partition coefficient (Wildman–Crippen LogP) is 2.53. The minimum absolute atomic E-state index is 0.121. The smallest absolute Gasteiger partial charge is 0.261 e. The number of aromatic nitrogens is 3. The molecule has 1 fully saturated rings. The van der Waals surface area contributed by atoms with E-state index < -0.39 is 10.0 Å². The van der Waals surface area contributed by atoms with Gasteiger partial charge in [-0.3, -0.25) is 9.40 Å². The van der Waals surface area contributed by atoms with Gasteiger partial charge in [0.25, 0.3) is 10.0 Å². The van der Waals surface area contributed by atoms with E-state index in [1.54, 1.807) is 12.1 Å². The first kappa shape index (κ1) is 14.3. The molecular formula is C13H15ClN4O2S. The highest BCUT2D eigenvalue weighted by atomic mass is 35.5. The van der Waals surface area contributed by atoms with E-state index in [2.05, 4.69) is 14.8 Å². The molecule has 6 nitrogen and oxygen atoms in total. The van der Waals surface area contributed by atoms with Gasteiger partial charge in [0.05, 0.1) is 11.2 Å². The molecule has 0 radical (unpaired) electrons. The zero-order valence-corrected chi connectivity index (χ0v) is 12.8. The summed E-state index contributed by atoms with van der Waals surface area (Å²) in [5.41, 5.74) is 0. The lowest BCUT2D eigenvalue weighted by molar-refractivity contribution is 0.258. The Balaban J connectivity index is 1.85. The molecule has 1 aliphatic carbocycles. The van der Waals surface area contributed by atoms with Crippen LogP contribution < -0.4 is 4.72 Å². The van der Waals surface area contributed by atoms with Gasteiger partial charge in [0, 0.05) is 12.7 Å². The SMILES string of the molecule is O=S(=O)(Nc1ncccc1Cl)c1ccnn1CC1CCC1. The van der Waals surface area contributed by atoms with E-state index in [1.165, 1.54) is 29.6 Å². The third kappa shape index (κ3) is 3.03. The van der Waals surface area contributed by atoms with Crippen molar-refractivity contribution in [2.45, 2.75) is 30.8 Å². The van der Waals surface area contributed by atoms with Crippen molar-refractivity contribution < 1.29 is 8.42 Å². The number of sulfonamides is 1. The van der Waals surface area contributed by atoms with Crippen LogP contribution in [0, 0.1) is 5.92 Å². The average Bonchev–Trinajstić information content (AvgIpc) is 2.86. The summed E-state index contributed by atoms with van der Waals surface area (Å²) < 4.78 is 28.8. The van der Waals surface area contributed by atoms with Gasteiger partial charge in [0.2, 0.25) is 0 Å². The molecule has 0 aromatic carbocycles. The van der Waals surface area contributed by atoms with Crippen LogP contribution in [0.1, 0.15) is 19.3 Å². The van der Waals surface area contributed by atoms with Crippen molar-refractivity contribution in [3.05, 3.63) is 35.6 Å². The van der Waals surface area contributed by atoms with E-state index in [9.17, 15) is 8.42 Å². The first-order chi connectivity index (χ1) is 10.1. The van der Waals surface area contributed by atoms with Crippen LogP contribution in [-0.2, 0) is 16.6 Å². The lowest BCUT2D eigenvalue weighted by Crippen LogP contribution is -2.24. The first-order valence-corrected chi connectivity index (χ1v) is 8.57. The second-order valence-corrected chi connectivity index (χ2v) is 7.12. The fourth-order valence-electron chi connectivity index (χ4n) is 2.25. The van der Waals surface area contributed by atoms with Crippen LogP contribution in [0.25, 0.3) is 0 Å². The van der Waals surface area contributed by atoms with E-state index in [-0.39, 0.29) is 15.9 Å². The maximum absolute atomic E-state index is 12.5. The van der Waals surface area contributed by atoms with Crippen molar-refractivity contribution in [1.82, 2.24) is 14.8 Å². The summed E-state index contributed by atoms with van der Waals surface area (Å²) in [5.74, 6) is 0.632. The number of nitrogens with one attached hydrogen (secondary N) is 1. The summed E-state index contributed by atoms with van der Waals surface area (Å²) in [6.07, 6.45) is 6.43. The summed E-state index contributed by atoms with van der Waals surface area (Å²) in [7, 11) is -3.75. The Bertz CT molecular complexity index is 740. The van der Waals surface area contributed by atoms with Gasteiger partial charge in [-0.2, -0.15) is 13.5 Å². The van der Waals surface area contributed by atoms with Gasteiger partial charge in [-0.1, -0.05) is 18.0 Å². The molecule has 2 aromatic rings. The minimum atomic E-state index is -3.75. The van der Waals surface area contributed by atoms with Crippen LogP contribution in [0.4, 0.5) is 5.82 Å². The molecule has 2 aromatic heterocycles. The van der Waals surface area contributed by atoms with Crippen LogP contribution in [-0.4, -0.2) is 23.2 Å². The number of hydrogen-bond acceptors (Lipinski definition) is 4. The highest BCUT2D eigenvalue weighted by molar-refractivity contribution is 7.92. The topological polar surface area (TPSA) is 76.9 Å². The largest absolute Gasteiger partial charge is 0.280 e. The molecule has 0 saturated heterocycles. The van der Waals surface area contributed by atoms with Gasteiger partial charge >= 0.3 is 0 Å². The molecule has 0 unspecified atom stereocenters. The van der Waals surface area contributed by atoms with E-state index in [1.807, 2.05) is 0 Å². The minimum Gasteiger partial charge on any atom is -0.261 e. The molecule has 0 spiro atoms. The number of hydrogen-bond donors (Lipinski definition) is 1. The van der Waals surface area contributed by atoms with Crippen molar-refractivity contribution in [2.24, 2.45) is 5.92 Å². The quantitative estimate of drug-likeness (QED) is 0.916. The fourth-order valence-corrected chi connectivity index (χ4v) is 3.63. The zero-order valence-electron chi connectivity index (χ0n) is 11.2. The third-order valence-electron chi connectivity index (χ3n) is 3.60. The summed E-state index contributed by atoms with van der Waals surface area (Å²) >= 11 is 5.94. The Morgan fingerprint density at radius 1 is 1.33 bits per heavy atom. The van der Waals surface area contributed by atoms with Crippen molar-refractivity contribution >= 4 is 27.4 Å². The molecule has 0 atom stereocenters. The maximum atomic E-state index is 12.5. The second-order valence-electron chi connectivity index (χ2n) is 5.09.